The molecule has 0 aromatic rings. The number of hydrogen-bond donors (Lipinski definition) is 1. The maximum atomic E-state index is 12.9. The van der Waals surface area contributed by atoms with Crippen molar-refractivity contribution in [1.29, 1.82) is 0 Å². The van der Waals surface area contributed by atoms with Gasteiger partial charge in [-0.3, -0.25) is 4.79 Å². The number of amides is 2. The normalized spacial score (nSPS) is 28.0. The summed E-state index contributed by atoms with van der Waals surface area (Å²) in [6.07, 6.45) is 0.723. The first-order chi connectivity index (χ1) is 12.2. The van der Waals surface area contributed by atoms with E-state index in [2.05, 4.69) is 15.3 Å². The van der Waals surface area contributed by atoms with Gasteiger partial charge in [0.1, 0.15) is 17.7 Å². The van der Waals surface area contributed by atoms with Crippen molar-refractivity contribution in [3.05, 3.63) is 10.4 Å². The largest absolute Gasteiger partial charge is 0.467 e. The van der Waals surface area contributed by atoms with Crippen molar-refractivity contribution in [2.75, 3.05) is 13.7 Å². The summed E-state index contributed by atoms with van der Waals surface area (Å²) in [7, 11) is 1.27. The number of nitrogens with one attached hydrogen (secondary N) is 1. The van der Waals surface area contributed by atoms with Gasteiger partial charge in [-0.25, -0.2) is 9.59 Å². The molecule has 0 aromatic carbocycles. The van der Waals surface area contributed by atoms with E-state index < -0.39 is 29.7 Å². The second-order valence-electron chi connectivity index (χ2n) is 7.54. The van der Waals surface area contributed by atoms with Gasteiger partial charge in [0.15, 0.2) is 0 Å². The summed E-state index contributed by atoms with van der Waals surface area (Å²) in [5, 5.41) is 6.18. The minimum atomic E-state index is -0.758. The van der Waals surface area contributed by atoms with Gasteiger partial charge in [-0.05, 0) is 51.5 Å². The topological polar surface area (TPSA) is 134 Å². The van der Waals surface area contributed by atoms with Gasteiger partial charge in [0.2, 0.25) is 5.91 Å². The number of rotatable bonds is 4. The molecule has 2 fully saturated rings. The third-order valence-electron chi connectivity index (χ3n) is 4.61. The molecule has 0 spiro atoms. The highest BCUT2D eigenvalue weighted by Gasteiger charge is 2.51. The molecule has 10 heteroatoms. The van der Waals surface area contributed by atoms with Crippen LogP contribution in [-0.4, -0.2) is 60.3 Å². The molecular formula is C16H25N5O5. The molecule has 10 nitrogen and oxygen atoms in total. The van der Waals surface area contributed by atoms with E-state index in [9.17, 15) is 14.4 Å². The molecule has 0 aromatic heterocycles. The Balaban J connectivity index is 2.14. The monoisotopic (exact) mass is 367 g/mol. The maximum Gasteiger partial charge on any atom is 0.408 e. The quantitative estimate of drug-likeness (QED) is 0.349. The molecule has 2 amide bonds. The predicted octanol–water partition coefficient (Wildman–Crippen LogP) is 1.74. The lowest BCUT2D eigenvalue weighted by molar-refractivity contribution is -0.154. The van der Waals surface area contributed by atoms with Crippen LogP contribution in [0.2, 0.25) is 0 Å². The highest BCUT2D eigenvalue weighted by Crippen LogP contribution is 2.37. The molecule has 2 aliphatic rings. The van der Waals surface area contributed by atoms with Crippen LogP contribution < -0.4 is 5.32 Å². The molecule has 144 valence electrons. The molecule has 4 atom stereocenters. The van der Waals surface area contributed by atoms with Gasteiger partial charge in [0.25, 0.3) is 0 Å². The smallest absolute Gasteiger partial charge is 0.408 e. The number of carbonyl (C=O) groups excluding carboxylic acids is 3. The Morgan fingerprint density at radius 1 is 1.38 bits per heavy atom. The third-order valence-corrected chi connectivity index (χ3v) is 4.61. The van der Waals surface area contributed by atoms with Crippen LogP contribution in [0.4, 0.5) is 4.79 Å². The van der Waals surface area contributed by atoms with Crippen molar-refractivity contribution < 1.29 is 23.9 Å². The van der Waals surface area contributed by atoms with Gasteiger partial charge >= 0.3 is 12.1 Å². The average molecular weight is 367 g/mol. The predicted molar refractivity (Wildman–Crippen MR) is 90.9 cm³/mol. The summed E-state index contributed by atoms with van der Waals surface area (Å²) in [4.78, 5) is 41.3. The van der Waals surface area contributed by atoms with Crippen molar-refractivity contribution in [2.24, 2.45) is 11.0 Å². The van der Waals surface area contributed by atoms with E-state index in [4.69, 9.17) is 15.0 Å². The molecule has 0 unspecified atom stereocenters. The fourth-order valence-corrected chi connectivity index (χ4v) is 3.62. The first kappa shape index (κ1) is 19.8. The number of carbonyl (C=O) groups is 3. The Labute approximate surface area is 151 Å². The fraction of sp³-hybridized carbons (Fsp3) is 0.812. The second kappa shape index (κ2) is 7.82. The number of alkyl carbamates (subject to hydrolysis) is 1. The molecule has 2 saturated heterocycles. The Kier molecular flexibility index (Phi) is 5.97. The summed E-state index contributed by atoms with van der Waals surface area (Å²) >= 11 is 0. The van der Waals surface area contributed by atoms with Crippen LogP contribution in [0.3, 0.4) is 0 Å². The second-order valence-corrected chi connectivity index (χ2v) is 7.54. The van der Waals surface area contributed by atoms with E-state index in [0.29, 0.717) is 19.3 Å². The molecule has 0 radical (unpaired) electrons. The van der Waals surface area contributed by atoms with Crippen molar-refractivity contribution >= 4 is 18.0 Å². The maximum absolute atomic E-state index is 12.9. The number of nitrogens with zero attached hydrogens (tertiary/aromatic N) is 4. The molecule has 2 heterocycles. The summed E-state index contributed by atoms with van der Waals surface area (Å²) in [6, 6.07) is -1.71. The van der Waals surface area contributed by atoms with Gasteiger partial charge in [-0.15, -0.1) is 0 Å². The summed E-state index contributed by atoms with van der Waals surface area (Å²) in [6.45, 7) is 5.42. The van der Waals surface area contributed by atoms with Gasteiger partial charge < -0.3 is 19.7 Å². The number of azide groups is 1. The van der Waals surface area contributed by atoms with E-state index in [0.717, 1.165) is 0 Å². The van der Waals surface area contributed by atoms with Crippen LogP contribution in [-0.2, 0) is 19.1 Å². The van der Waals surface area contributed by atoms with Crippen LogP contribution in [0, 0.1) is 5.92 Å². The summed E-state index contributed by atoms with van der Waals surface area (Å²) in [5.74, 6) is -0.961. The lowest BCUT2D eigenvalue weighted by atomic mass is 9.91. The average Bonchev–Trinajstić information content (AvgIpc) is 2.92. The zero-order chi connectivity index (χ0) is 19.5. The van der Waals surface area contributed by atoms with Crippen LogP contribution in [0.1, 0.15) is 40.0 Å². The SMILES string of the molecule is COC(=O)[C@@H]1C[C@@H](CN=[N+]=[N-])[C@@H]2CC[C@H](NC(=O)OC(C)(C)C)C(=O)N12. The molecular weight excluding hydrogens is 342 g/mol. The Bertz CT molecular complexity index is 625. The highest BCUT2D eigenvalue weighted by atomic mass is 16.6. The van der Waals surface area contributed by atoms with Gasteiger partial charge in [-0.2, -0.15) is 0 Å². The number of hydrogen-bond acceptors (Lipinski definition) is 6. The van der Waals surface area contributed by atoms with Crippen LogP contribution in [0.15, 0.2) is 5.11 Å². The van der Waals surface area contributed by atoms with Gasteiger partial charge in [0.05, 0.1) is 7.11 Å². The molecule has 2 aliphatic heterocycles. The van der Waals surface area contributed by atoms with Crippen LogP contribution in [0.5, 0.6) is 0 Å². The lowest BCUT2D eigenvalue weighted by Gasteiger charge is -2.38. The van der Waals surface area contributed by atoms with E-state index >= 15 is 0 Å². The van der Waals surface area contributed by atoms with Crippen LogP contribution in [0.25, 0.3) is 10.4 Å². The number of piperidine rings is 1. The molecule has 0 bridgehead atoms. The Morgan fingerprint density at radius 3 is 2.65 bits per heavy atom. The number of esters is 1. The van der Waals surface area contributed by atoms with E-state index in [1.54, 1.807) is 20.8 Å². The van der Waals surface area contributed by atoms with Gasteiger partial charge in [0, 0.05) is 17.5 Å². The molecule has 0 aliphatic carbocycles. The number of ether oxygens (including phenoxy) is 2. The van der Waals surface area contributed by atoms with Crippen molar-refractivity contribution in [2.45, 2.75) is 63.8 Å². The minimum Gasteiger partial charge on any atom is -0.467 e. The summed E-state index contributed by atoms with van der Waals surface area (Å²) in [5.41, 5.74) is 7.88. The van der Waals surface area contributed by atoms with E-state index in [-0.39, 0.29) is 24.4 Å². The standard InChI is InChI=1S/C16H25N5O5/c1-16(2,3)26-15(24)19-10-5-6-11-9(8-18-20-17)7-12(14(23)25-4)21(11)13(10)22/h9-12H,5-8H2,1-4H3,(H,19,24)/t9-,10-,11-,12-/m0/s1. The number of fused-ring (bicyclic) bond motifs is 1. The lowest BCUT2D eigenvalue weighted by Crippen LogP contribution is -2.58. The van der Waals surface area contributed by atoms with Crippen molar-refractivity contribution in [3.8, 4) is 0 Å². The van der Waals surface area contributed by atoms with Gasteiger partial charge in [-0.1, -0.05) is 5.11 Å². The molecule has 26 heavy (non-hydrogen) atoms. The first-order valence-electron chi connectivity index (χ1n) is 8.58. The van der Waals surface area contributed by atoms with E-state index in [1.165, 1.54) is 12.0 Å². The Hall–Kier alpha value is -2.48. The van der Waals surface area contributed by atoms with Crippen molar-refractivity contribution in [1.82, 2.24) is 10.2 Å². The minimum absolute atomic E-state index is 0.110. The molecule has 1 N–H and O–H groups in total. The van der Waals surface area contributed by atoms with Crippen molar-refractivity contribution in [3.63, 3.8) is 0 Å². The fourth-order valence-electron chi connectivity index (χ4n) is 3.62. The first-order valence-corrected chi connectivity index (χ1v) is 8.58. The zero-order valence-electron chi connectivity index (χ0n) is 15.5. The summed E-state index contributed by atoms with van der Waals surface area (Å²) < 4.78 is 10.0. The molecule has 2 rings (SSSR count). The third kappa shape index (κ3) is 4.37. The van der Waals surface area contributed by atoms with Crippen LogP contribution >= 0.6 is 0 Å². The number of methoxy groups -OCH3 is 1. The molecule has 0 saturated carbocycles. The highest BCUT2D eigenvalue weighted by molar-refractivity contribution is 5.91. The van der Waals surface area contributed by atoms with E-state index in [1.807, 2.05) is 0 Å². The Morgan fingerprint density at radius 2 is 2.08 bits per heavy atom. The zero-order valence-corrected chi connectivity index (χ0v) is 15.5.